The number of rotatable bonds is 3. The van der Waals surface area contributed by atoms with Gasteiger partial charge in [-0.25, -0.2) is 14.0 Å². The summed E-state index contributed by atoms with van der Waals surface area (Å²) in [6.07, 6.45) is 1.30. The molecule has 0 bridgehead atoms. The minimum Gasteiger partial charge on any atom is -0.478 e. The number of halogens is 1. The summed E-state index contributed by atoms with van der Waals surface area (Å²) in [6.45, 7) is 0.584. The molecule has 1 aliphatic rings. The van der Waals surface area contributed by atoms with E-state index in [0.29, 0.717) is 13.0 Å². The van der Waals surface area contributed by atoms with Crippen LogP contribution in [0.5, 0.6) is 0 Å². The van der Waals surface area contributed by atoms with Crippen LogP contribution in [0.15, 0.2) is 18.2 Å². The Kier molecular flexibility index (Phi) is 4.36. The highest BCUT2D eigenvalue weighted by atomic mass is 19.1. The zero-order valence-corrected chi connectivity index (χ0v) is 11.0. The molecule has 1 heterocycles. The summed E-state index contributed by atoms with van der Waals surface area (Å²) in [5, 5.41) is 16.2. The molecule has 0 saturated carbocycles. The van der Waals surface area contributed by atoms with E-state index < -0.39 is 29.4 Å². The molecule has 8 heteroatoms. The molecular formula is C13H14FN3O4. The number of carbonyl (C=O) groups is 3. The lowest BCUT2D eigenvalue weighted by Crippen LogP contribution is -2.51. The van der Waals surface area contributed by atoms with Gasteiger partial charge in [0, 0.05) is 12.2 Å². The number of carboxylic acids is 1. The quantitative estimate of drug-likeness (QED) is 0.665. The lowest BCUT2D eigenvalue weighted by Gasteiger charge is -2.22. The number of carboxylic acid groups (broad SMARTS) is 1. The van der Waals surface area contributed by atoms with Gasteiger partial charge in [0.05, 0.1) is 5.56 Å². The molecule has 0 radical (unpaired) electrons. The Hall–Kier alpha value is -2.64. The normalized spacial score (nSPS) is 17.8. The number of hydrogen-bond acceptors (Lipinski definition) is 3. The minimum atomic E-state index is -1.39. The van der Waals surface area contributed by atoms with Gasteiger partial charge in [-0.2, -0.15) is 0 Å². The number of hydrogen-bond donors (Lipinski definition) is 4. The van der Waals surface area contributed by atoms with Crippen LogP contribution in [0.1, 0.15) is 23.2 Å². The number of anilines is 1. The summed E-state index contributed by atoms with van der Waals surface area (Å²) < 4.78 is 13.5. The van der Waals surface area contributed by atoms with Gasteiger partial charge in [-0.3, -0.25) is 4.79 Å². The van der Waals surface area contributed by atoms with Gasteiger partial charge in [-0.15, -0.1) is 0 Å². The van der Waals surface area contributed by atoms with E-state index in [1.807, 2.05) is 0 Å². The van der Waals surface area contributed by atoms with Crippen molar-refractivity contribution in [1.82, 2.24) is 10.6 Å². The first-order valence-electron chi connectivity index (χ1n) is 6.35. The summed E-state index contributed by atoms with van der Waals surface area (Å²) in [5.41, 5.74) is -0.376. The maximum atomic E-state index is 13.5. The van der Waals surface area contributed by atoms with Gasteiger partial charge in [-0.1, -0.05) is 0 Å². The summed E-state index contributed by atoms with van der Waals surface area (Å²) in [6, 6.07) is 1.96. The van der Waals surface area contributed by atoms with Crippen molar-refractivity contribution in [3.8, 4) is 0 Å². The molecule has 1 atom stereocenters. The van der Waals surface area contributed by atoms with Crippen LogP contribution in [0.4, 0.5) is 14.9 Å². The van der Waals surface area contributed by atoms with Crippen LogP contribution in [-0.2, 0) is 4.79 Å². The molecule has 1 saturated heterocycles. The highest BCUT2D eigenvalue weighted by Crippen LogP contribution is 2.14. The number of piperidine rings is 1. The Balaban J connectivity index is 1.98. The lowest BCUT2D eigenvalue weighted by molar-refractivity contribution is -0.124. The Bertz CT molecular complexity index is 591. The first kappa shape index (κ1) is 14.8. The Labute approximate surface area is 119 Å². The number of aromatic carboxylic acids is 1. The van der Waals surface area contributed by atoms with Crippen LogP contribution in [0.2, 0.25) is 0 Å². The predicted molar refractivity (Wildman–Crippen MR) is 71.5 cm³/mol. The molecular weight excluding hydrogens is 281 g/mol. The third-order valence-electron chi connectivity index (χ3n) is 3.05. The molecule has 3 amide bonds. The van der Waals surface area contributed by atoms with Gasteiger partial charge in [0.25, 0.3) is 0 Å². The maximum Gasteiger partial charge on any atom is 0.338 e. The summed E-state index contributed by atoms with van der Waals surface area (Å²) in [7, 11) is 0. The fraction of sp³-hybridized carbons (Fsp3) is 0.308. The topological polar surface area (TPSA) is 108 Å². The number of amides is 3. The number of benzene rings is 1. The molecule has 1 aliphatic heterocycles. The van der Waals surface area contributed by atoms with Crippen molar-refractivity contribution in [1.29, 1.82) is 0 Å². The molecule has 0 aliphatic carbocycles. The first-order valence-corrected chi connectivity index (χ1v) is 6.35. The molecule has 0 spiro atoms. The van der Waals surface area contributed by atoms with Crippen LogP contribution < -0.4 is 16.0 Å². The third kappa shape index (κ3) is 3.68. The number of urea groups is 1. The molecule has 1 aromatic carbocycles. The Morgan fingerprint density at radius 3 is 2.76 bits per heavy atom. The van der Waals surface area contributed by atoms with E-state index in [2.05, 4.69) is 16.0 Å². The minimum absolute atomic E-state index is 0.103. The summed E-state index contributed by atoms with van der Waals surface area (Å²) >= 11 is 0. The standard InChI is InChI=1S/C13H14FN3O4/c14-9-6-7(3-4-8(9)12(19)20)16-13(21)17-10-2-1-5-15-11(10)18/h3-4,6,10H,1-2,5H2,(H,15,18)(H,19,20)(H2,16,17,21). The highest BCUT2D eigenvalue weighted by Gasteiger charge is 2.23. The molecule has 0 aromatic heterocycles. The maximum absolute atomic E-state index is 13.5. The van der Waals surface area contributed by atoms with Gasteiger partial charge in [0.15, 0.2) is 0 Å². The van der Waals surface area contributed by atoms with E-state index in [0.717, 1.165) is 18.6 Å². The molecule has 7 nitrogen and oxygen atoms in total. The zero-order chi connectivity index (χ0) is 15.4. The van der Waals surface area contributed by atoms with E-state index in [1.54, 1.807) is 0 Å². The summed E-state index contributed by atoms with van der Waals surface area (Å²) in [4.78, 5) is 33.9. The largest absolute Gasteiger partial charge is 0.478 e. The smallest absolute Gasteiger partial charge is 0.338 e. The van der Waals surface area contributed by atoms with Crippen LogP contribution in [0.25, 0.3) is 0 Å². The van der Waals surface area contributed by atoms with Crippen LogP contribution in [0, 0.1) is 5.82 Å². The second-order valence-corrected chi connectivity index (χ2v) is 4.58. The van der Waals surface area contributed by atoms with E-state index >= 15 is 0 Å². The van der Waals surface area contributed by atoms with Crippen LogP contribution >= 0.6 is 0 Å². The molecule has 1 aromatic rings. The average molecular weight is 295 g/mol. The molecule has 112 valence electrons. The zero-order valence-electron chi connectivity index (χ0n) is 11.0. The third-order valence-corrected chi connectivity index (χ3v) is 3.05. The number of nitrogens with one attached hydrogen (secondary N) is 3. The lowest BCUT2D eigenvalue weighted by atomic mass is 10.1. The van der Waals surface area contributed by atoms with Crippen molar-refractivity contribution in [2.24, 2.45) is 0 Å². The molecule has 21 heavy (non-hydrogen) atoms. The van der Waals surface area contributed by atoms with Crippen molar-refractivity contribution in [2.45, 2.75) is 18.9 Å². The van der Waals surface area contributed by atoms with Crippen molar-refractivity contribution < 1.29 is 23.9 Å². The van der Waals surface area contributed by atoms with Crippen molar-refractivity contribution in [2.75, 3.05) is 11.9 Å². The Morgan fingerprint density at radius 1 is 1.38 bits per heavy atom. The van der Waals surface area contributed by atoms with E-state index in [9.17, 15) is 18.8 Å². The van der Waals surface area contributed by atoms with Gasteiger partial charge >= 0.3 is 12.0 Å². The highest BCUT2D eigenvalue weighted by molar-refractivity contribution is 5.94. The van der Waals surface area contributed by atoms with E-state index in [4.69, 9.17) is 5.11 Å². The second kappa shape index (κ2) is 6.21. The molecule has 2 rings (SSSR count). The first-order chi connectivity index (χ1) is 9.97. The van der Waals surface area contributed by atoms with Gasteiger partial charge < -0.3 is 21.1 Å². The van der Waals surface area contributed by atoms with Gasteiger partial charge in [0.1, 0.15) is 11.9 Å². The molecule has 1 fully saturated rings. The predicted octanol–water partition coefficient (Wildman–Crippen LogP) is 0.924. The molecule has 1 unspecified atom stereocenters. The SMILES string of the molecule is O=C(Nc1ccc(C(=O)O)c(F)c1)NC1CCCNC1=O. The van der Waals surface area contributed by atoms with E-state index in [1.165, 1.54) is 6.07 Å². The van der Waals surface area contributed by atoms with Crippen LogP contribution in [-0.4, -0.2) is 35.6 Å². The Morgan fingerprint density at radius 2 is 2.14 bits per heavy atom. The van der Waals surface area contributed by atoms with Gasteiger partial charge in [-0.05, 0) is 31.0 Å². The second-order valence-electron chi connectivity index (χ2n) is 4.58. The van der Waals surface area contributed by atoms with Crippen LogP contribution in [0.3, 0.4) is 0 Å². The fourth-order valence-electron chi connectivity index (χ4n) is 2.00. The van der Waals surface area contributed by atoms with Gasteiger partial charge in [0.2, 0.25) is 5.91 Å². The van der Waals surface area contributed by atoms with Crippen molar-refractivity contribution >= 4 is 23.6 Å². The summed E-state index contributed by atoms with van der Waals surface area (Å²) in [5.74, 6) is -2.60. The fourth-order valence-corrected chi connectivity index (χ4v) is 2.00. The average Bonchev–Trinajstić information content (AvgIpc) is 2.41. The van der Waals surface area contributed by atoms with E-state index in [-0.39, 0.29) is 11.6 Å². The van der Waals surface area contributed by atoms with Crippen molar-refractivity contribution in [3.63, 3.8) is 0 Å². The molecule has 4 N–H and O–H groups in total. The number of carbonyl (C=O) groups excluding carboxylic acids is 2. The monoisotopic (exact) mass is 295 g/mol. The van der Waals surface area contributed by atoms with Crippen molar-refractivity contribution in [3.05, 3.63) is 29.6 Å².